The number of rotatable bonds is 9. The van der Waals surface area contributed by atoms with Crippen LogP contribution in [0, 0.1) is 17.2 Å². The lowest BCUT2D eigenvalue weighted by molar-refractivity contribution is -0.167. The molecule has 218 valence electrons. The number of hydrogen-bond acceptors (Lipinski definition) is 8. The number of nitrogens with one attached hydrogen (secondary N) is 1. The zero-order valence-electron chi connectivity index (χ0n) is 21.7. The molecule has 0 amide bonds. The molecule has 40 heavy (non-hydrogen) atoms. The van der Waals surface area contributed by atoms with Gasteiger partial charge in [-0.25, -0.2) is 15.4 Å². The van der Waals surface area contributed by atoms with Crippen LogP contribution in [0.5, 0.6) is 0 Å². The minimum Gasteiger partial charge on any atom is -0.356 e. The normalized spacial score (nSPS) is 18.9. The molecule has 14 heteroatoms. The number of anilines is 2. The van der Waals surface area contributed by atoms with Crippen molar-refractivity contribution in [2.75, 3.05) is 36.0 Å². The molecule has 0 bridgehead atoms. The summed E-state index contributed by atoms with van der Waals surface area (Å²) >= 11 is 0. The molecule has 0 radical (unpaired) electrons. The summed E-state index contributed by atoms with van der Waals surface area (Å²) in [4.78, 5) is 11.0. The molecule has 0 unspecified atom stereocenters. The molecule has 2 aliphatic rings. The van der Waals surface area contributed by atoms with Crippen molar-refractivity contribution >= 4 is 11.6 Å². The van der Waals surface area contributed by atoms with Crippen molar-refractivity contribution in [1.82, 2.24) is 20.6 Å². The maximum absolute atomic E-state index is 13.7. The summed E-state index contributed by atoms with van der Waals surface area (Å²) in [5.41, 5.74) is 2.67. The van der Waals surface area contributed by atoms with E-state index >= 15 is 0 Å². The third kappa shape index (κ3) is 7.52. The number of hydroxylamine groups is 1. The first-order chi connectivity index (χ1) is 19.0. The highest BCUT2D eigenvalue weighted by Gasteiger charge is 2.38. The molecule has 2 aromatic rings. The highest BCUT2D eigenvalue weighted by atomic mass is 19.4. The monoisotopic (exact) mass is 571 g/mol. The molecule has 4 rings (SSSR count). The fourth-order valence-corrected chi connectivity index (χ4v) is 5.13. The zero-order valence-corrected chi connectivity index (χ0v) is 21.7. The van der Waals surface area contributed by atoms with Crippen LogP contribution in [0.15, 0.2) is 30.3 Å². The Hall–Kier alpha value is -3.15. The lowest BCUT2D eigenvalue weighted by atomic mass is 9.92. The Morgan fingerprint density at radius 3 is 2.27 bits per heavy atom. The lowest BCUT2D eigenvalue weighted by Gasteiger charge is -2.35. The summed E-state index contributed by atoms with van der Waals surface area (Å²) in [6, 6.07) is 8.35. The van der Waals surface area contributed by atoms with Gasteiger partial charge in [0.15, 0.2) is 0 Å². The zero-order chi connectivity index (χ0) is 28.9. The SMILES string of the molecule is N#CCCC1CCN(c2cc(N3CCC[C@H]3N(O)NCCc3ccc(C(F)(F)F)cc3)nc(C(F)(F)F)n2)CC1. The molecule has 0 saturated carbocycles. The summed E-state index contributed by atoms with van der Waals surface area (Å²) in [5, 5.41) is 20.3. The molecule has 0 aliphatic carbocycles. The van der Waals surface area contributed by atoms with Crippen molar-refractivity contribution < 1.29 is 31.5 Å². The number of nitriles is 1. The fourth-order valence-electron chi connectivity index (χ4n) is 5.13. The first-order valence-electron chi connectivity index (χ1n) is 13.2. The van der Waals surface area contributed by atoms with Gasteiger partial charge in [0, 0.05) is 38.7 Å². The average Bonchev–Trinajstić information content (AvgIpc) is 3.42. The summed E-state index contributed by atoms with van der Waals surface area (Å²) in [5.74, 6) is -0.688. The van der Waals surface area contributed by atoms with Gasteiger partial charge in [-0.15, -0.1) is 5.17 Å². The molecule has 2 N–H and O–H groups in total. The first kappa shape index (κ1) is 29.8. The van der Waals surface area contributed by atoms with E-state index in [2.05, 4.69) is 21.5 Å². The van der Waals surface area contributed by atoms with E-state index < -0.39 is 29.9 Å². The molecular formula is C26H31F6N7O. The van der Waals surface area contributed by atoms with Gasteiger partial charge in [-0.2, -0.15) is 31.6 Å². The minimum atomic E-state index is -4.76. The van der Waals surface area contributed by atoms with Crippen LogP contribution >= 0.6 is 0 Å². The van der Waals surface area contributed by atoms with Gasteiger partial charge in [0.05, 0.1) is 11.6 Å². The van der Waals surface area contributed by atoms with Gasteiger partial charge in [-0.3, -0.25) is 5.21 Å². The van der Waals surface area contributed by atoms with Gasteiger partial charge in [0.2, 0.25) is 5.82 Å². The standard InChI is InChI=1S/C26H31F6N7O/c27-25(28,29)20-7-5-19(6-8-20)9-13-34-39(40)23-4-2-14-38(23)22-17-21(35-24(36-22)26(30,31)32)37-15-10-18(11-16-37)3-1-12-33/h5-8,17-18,23,34,40H,1-4,9-11,13-16H2/t23-/m1/s1. The maximum atomic E-state index is 13.7. The Bertz CT molecular complexity index is 1160. The van der Waals surface area contributed by atoms with Crippen molar-refractivity contribution in [2.24, 2.45) is 5.92 Å². The molecule has 2 saturated heterocycles. The number of benzene rings is 1. The second kappa shape index (κ2) is 12.6. The van der Waals surface area contributed by atoms with E-state index in [1.165, 1.54) is 18.2 Å². The van der Waals surface area contributed by atoms with E-state index in [1.807, 2.05) is 0 Å². The van der Waals surface area contributed by atoms with Crippen LogP contribution in [0.25, 0.3) is 0 Å². The lowest BCUT2D eigenvalue weighted by Crippen LogP contribution is -2.50. The molecule has 1 atom stereocenters. The van der Waals surface area contributed by atoms with Crippen molar-refractivity contribution in [3.05, 3.63) is 47.3 Å². The minimum absolute atomic E-state index is 0.0509. The first-order valence-corrected chi connectivity index (χ1v) is 13.2. The summed E-state index contributed by atoms with van der Waals surface area (Å²) in [6.45, 7) is 1.60. The van der Waals surface area contributed by atoms with E-state index in [-0.39, 0.29) is 18.2 Å². The van der Waals surface area contributed by atoms with E-state index in [0.29, 0.717) is 56.8 Å². The maximum Gasteiger partial charge on any atom is 0.451 e. The molecule has 3 heterocycles. The van der Waals surface area contributed by atoms with Crippen LogP contribution in [0.1, 0.15) is 55.5 Å². The number of halogens is 6. The molecule has 8 nitrogen and oxygen atoms in total. The van der Waals surface area contributed by atoms with Gasteiger partial charge in [0.25, 0.3) is 0 Å². The Labute approximate surface area is 228 Å². The molecular weight excluding hydrogens is 540 g/mol. The van der Waals surface area contributed by atoms with Crippen LogP contribution in [0.4, 0.5) is 38.0 Å². The largest absolute Gasteiger partial charge is 0.451 e. The predicted molar refractivity (Wildman–Crippen MR) is 134 cm³/mol. The van der Waals surface area contributed by atoms with E-state index in [0.717, 1.165) is 36.6 Å². The third-order valence-electron chi connectivity index (χ3n) is 7.32. The van der Waals surface area contributed by atoms with E-state index in [9.17, 15) is 31.5 Å². The summed E-state index contributed by atoms with van der Waals surface area (Å²) in [7, 11) is 0. The van der Waals surface area contributed by atoms with Gasteiger partial charge >= 0.3 is 12.4 Å². The van der Waals surface area contributed by atoms with Crippen molar-refractivity contribution in [3.8, 4) is 6.07 Å². The van der Waals surface area contributed by atoms with Crippen LogP contribution < -0.4 is 15.2 Å². The summed E-state index contributed by atoms with van der Waals surface area (Å²) < 4.78 is 79.5. The average molecular weight is 572 g/mol. The number of piperidine rings is 1. The predicted octanol–water partition coefficient (Wildman–Crippen LogP) is 5.40. The molecule has 2 fully saturated rings. The number of hydrogen-bond donors (Lipinski definition) is 2. The second-order valence-corrected chi connectivity index (χ2v) is 10.0. The van der Waals surface area contributed by atoms with Crippen LogP contribution in [-0.2, 0) is 18.8 Å². The second-order valence-electron chi connectivity index (χ2n) is 10.0. The highest BCUT2D eigenvalue weighted by Crippen LogP contribution is 2.34. The Morgan fingerprint density at radius 1 is 0.975 bits per heavy atom. The molecule has 1 aromatic heterocycles. The number of aromatic nitrogens is 2. The van der Waals surface area contributed by atoms with Gasteiger partial charge in [0.1, 0.15) is 17.8 Å². The molecule has 0 spiro atoms. The van der Waals surface area contributed by atoms with Crippen molar-refractivity contribution in [2.45, 2.75) is 63.5 Å². The van der Waals surface area contributed by atoms with Gasteiger partial charge < -0.3 is 9.80 Å². The quantitative estimate of drug-likeness (QED) is 0.306. The highest BCUT2D eigenvalue weighted by molar-refractivity contribution is 5.52. The van der Waals surface area contributed by atoms with Gasteiger partial charge in [-0.1, -0.05) is 12.1 Å². The Balaban J connectivity index is 1.43. The third-order valence-corrected chi connectivity index (χ3v) is 7.32. The smallest absolute Gasteiger partial charge is 0.356 e. The Kier molecular flexibility index (Phi) is 9.37. The van der Waals surface area contributed by atoms with Crippen molar-refractivity contribution in [1.29, 1.82) is 5.26 Å². The van der Waals surface area contributed by atoms with Crippen molar-refractivity contribution in [3.63, 3.8) is 0 Å². The number of hydrazine groups is 1. The van der Waals surface area contributed by atoms with Gasteiger partial charge in [-0.05, 0) is 62.1 Å². The fraction of sp³-hybridized carbons (Fsp3) is 0.577. The summed E-state index contributed by atoms with van der Waals surface area (Å²) in [6.07, 6.45) is -5.79. The molecule has 1 aromatic carbocycles. The number of alkyl halides is 6. The van der Waals surface area contributed by atoms with E-state index in [4.69, 9.17) is 5.26 Å². The van der Waals surface area contributed by atoms with Crippen LogP contribution in [-0.4, -0.2) is 52.7 Å². The topological polar surface area (TPSA) is 91.6 Å². The van der Waals surface area contributed by atoms with Crippen LogP contribution in [0.2, 0.25) is 0 Å². The van der Waals surface area contributed by atoms with Crippen LogP contribution in [0.3, 0.4) is 0 Å². The Morgan fingerprint density at radius 2 is 1.65 bits per heavy atom. The van der Waals surface area contributed by atoms with E-state index in [1.54, 1.807) is 9.80 Å². The molecule has 2 aliphatic heterocycles. The number of nitrogens with zero attached hydrogens (tertiary/aromatic N) is 6.